The van der Waals surface area contributed by atoms with E-state index in [-0.39, 0.29) is 12.1 Å². The SMILES string of the molecule is CCCCCCP(=O)(O)OC(C)(C)C(C)C. The van der Waals surface area contributed by atoms with Crippen LogP contribution in [-0.2, 0) is 9.09 Å². The molecular weight excluding hydrogens is 223 g/mol. The second-order valence-corrected chi connectivity index (χ2v) is 7.18. The van der Waals surface area contributed by atoms with E-state index in [1.54, 1.807) is 0 Å². The summed E-state index contributed by atoms with van der Waals surface area (Å²) in [6, 6.07) is 0. The van der Waals surface area contributed by atoms with Gasteiger partial charge in [0.1, 0.15) is 0 Å². The molecule has 0 saturated carbocycles. The van der Waals surface area contributed by atoms with Crippen molar-refractivity contribution in [3.05, 3.63) is 0 Å². The zero-order chi connectivity index (χ0) is 12.8. The second-order valence-electron chi connectivity index (χ2n) is 5.27. The van der Waals surface area contributed by atoms with Gasteiger partial charge in [0.2, 0.25) is 0 Å². The molecule has 0 heterocycles. The molecule has 4 heteroatoms. The van der Waals surface area contributed by atoms with Gasteiger partial charge in [-0.3, -0.25) is 4.57 Å². The van der Waals surface area contributed by atoms with Gasteiger partial charge >= 0.3 is 7.60 Å². The lowest BCUT2D eigenvalue weighted by Gasteiger charge is -2.31. The largest absolute Gasteiger partial charge is 0.328 e. The highest BCUT2D eigenvalue weighted by molar-refractivity contribution is 7.52. The third-order valence-corrected chi connectivity index (χ3v) is 4.70. The summed E-state index contributed by atoms with van der Waals surface area (Å²) in [6.07, 6.45) is 4.31. The van der Waals surface area contributed by atoms with Crippen molar-refractivity contribution >= 4 is 7.60 Å². The maximum atomic E-state index is 11.8. The van der Waals surface area contributed by atoms with Crippen molar-refractivity contribution in [2.24, 2.45) is 5.92 Å². The third kappa shape index (κ3) is 6.67. The van der Waals surface area contributed by atoms with E-state index < -0.39 is 13.2 Å². The van der Waals surface area contributed by atoms with Crippen LogP contribution in [0.1, 0.15) is 60.3 Å². The van der Waals surface area contributed by atoms with Gasteiger partial charge in [0.15, 0.2) is 0 Å². The summed E-state index contributed by atoms with van der Waals surface area (Å²) < 4.78 is 17.2. The molecule has 0 saturated heterocycles. The number of rotatable bonds is 8. The van der Waals surface area contributed by atoms with Crippen molar-refractivity contribution in [3.8, 4) is 0 Å². The topological polar surface area (TPSA) is 46.5 Å². The predicted octanol–water partition coefficient (Wildman–Crippen LogP) is 4.20. The standard InChI is InChI=1S/C12H27O3P/c1-6-7-8-9-10-16(13,14)15-12(4,5)11(2)3/h11H,6-10H2,1-5H3,(H,13,14). The summed E-state index contributed by atoms with van der Waals surface area (Å²) in [5, 5.41) is 0. The van der Waals surface area contributed by atoms with Crippen molar-refractivity contribution in [1.82, 2.24) is 0 Å². The minimum absolute atomic E-state index is 0.226. The maximum absolute atomic E-state index is 11.8. The van der Waals surface area contributed by atoms with Gasteiger partial charge in [-0.05, 0) is 26.2 Å². The van der Waals surface area contributed by atoms with E-state index in [0.29, 0.717) is 0 Å². The molecule has 0 spiro atoms. The summed E-state index contributed by atoms with van der Waals surface area (Å²) in [7, 11) is -3.41. The van der Waals surface area contributed by atoms with Crippen LogP contribution >= 0.6 is 7.60 Å². The quantitative estimate of drug-likeness (QED) is 0.518. The van der Waals surface area contributed by atoms with E-state index in [9.17, 15) is 9.46 Å². The Morgan fingerprint density at radius 2 is 1.81 bits per heavy atom. The van der Waals surface area contributed by atoms with Crippen molar-refractivity contribution < 1.29 is 14.0 Å². The molecule has 1 N–H and O–H groups in total. The van der Waals surface area contributed by atoms with Crippen molar-refractivity contribution in [1.29, 1.82) is 0 Å². The summed E-state index contributed by atoms with van der Waals surface area (Å²) in [6.45, 7) is 9.85. The maximum Gasteiger partial charge on any atom is 0.328 e. The molecule has 0 bridgehead atoms. The fourth-order valence-electron chi connectivity index (χ4n) is 1.26. The summed E-state index contributed by atoms with van der Waals surface area (Å²) in [4.78, 5) is 9.73. The lowest BCUT2D eigenvalue weighted by molar-refractivity contribution is 0.0475. The first-order valence-electron chi connectivity index (χ1n) is 6.24. The van der Waals surface area contributed by atoms with Gasteiger partial charge in [0, 0.05) is 0 Å². The van der Waals surface area contributed by atoms with Crippen LogP contribution in [0.3, 0.4) is 0 Å². The van der Waals surface area contributed by atoms with Crippen molar-refractivity contribution in [2.45, 2.75) is 65.9 Å². The van der Waals surface area contributed by atoms with E-state index in [1.165, 1.54) is 0 Å². The molecule has 0 aliphatic carbocycles. The van der Waals surface area contributed by atoms with E-state index in [1.807, 2.05) is 27.7 Å². The van der Waals surface area contributed by atoms with E-state index in [4.69, 9.17) is 4.52 Å². The van der Waals surface area contributed by atoms with E-state index in [0.717, 1.165) is 25.7 Å². The number of hydrogen-bond acceptors (Lipinski definition) is 2. The lowest BCUT2D eigenvalue weighted by atomic mass is 9.95. The summed E-state index contributed by atoms with van der Waals surface area (Å²) in [5.74, 6) is 0.226. The van der Waals surface area contributed by atoms with Crippen molar-refractivity contribution in [3.63, 3.8) is 0 Å². The van der Waals surface area contributed by atoms with Crippen LogP contribution in [0.4, 0.5) is 0 Å². The van der Waals surface area contributed by atoms with Crippen LogP contribution in [-0.4, -0.2) is 16.7 Å². The van der Waals surface area contributed by atoms with E-state index >= 15 is 0 Å². The Hall–Kier alpha value is 0.150. The molecule has 0 amide bonds. The van der Waals surface area contributed by atoms with Gasteiger partial charge in [0.25, 0.3) is 0 Å². The molecule has 0 fully saturated rings. The van der Waals surface area contributed by atoms with E-state index in [2.05, 4.69) is 6.92 Å². The predicted molar refractivity (Wildman–Crippen MR) is 68.8 cm³/mol. The first kappa shape index (κ1) is 16.1. The summed E-state index contributed by atoms with van der Waals surface area (Å²) in [5.41, 5.74) is -0.533. The lowest BCUT2D eigenvalue weighted by Crippen LogP contribution is -2.30. The fraction of sp³-hybridized carbons (Fsp3) is 1.00. The zero-order valence-electron chi connectivity index (χ0n) is 11.3. The molecule has 0 aromatic rings. The van der Waals surface area contributed by atoms with Crippen LogP contribution < -0.4 is 0 Å². The molecule has 0 radical (unpaired) electrons. The average molecular weight is 250 g/mol. The monoisotopic (exact) mass is 250 g/mol. The minimum Gasteiger partial charge on any atom is -0.324 e. The van der Waals surface area contributed by atoms with Crippen LogP contribution in [0.5, 0.6) is 0 Å². The molecule has 0 aromatic heterocycles. The second kappa shape index (κ2) is 6.78. The Kier molecular flexibility index (Phi) is 6.84. The molecule has 0 rings (SSSR count). The Bertz CT molecular complexity index is 236. The first-order valence-corrected chi connectivity index (χ1v) is 8.00. The molecular formula is C12H27O3P. The minimum atomic E-state index is -3.41. The Balaban J connectivity index is 4.09. The zero-order valence-corrected chi connectivity index (χ0v) is 12.2. The van der Waals surface area contributed by atoms with Gasteiger partial charge in [-0.1, -0.05) is 40.0 Å². The van der Waals surface area contributed by atoms with Gasteiger partial charge in [-0.25, -0.2) is 0 Å². The number of unbranched alkanes of at least 4 members (excludes halogenated alkanes) is 3. The van der Waals surface area contributed by atoms with Gasteiger partial charge < -0.3 is 9.42 Å². The highest BCUT2D eigenvalue weighted by Gasteiger charge is 2.32. The molecule has 16 heavy (non-hydrogen) atoms. The van der Waals surface area contributed by atoms with Crippen LogP contribution in [0.25, 0.3) is 0 Å². The van der Waals surface area contributed by atoms with Gasteiger partial charge in [0.05, 0.1) is 11.8 Å². The molecule has 98 valence electrons. The molecule has 0 aliphatic rings. The normalized spacial score (nSPS) is 16.4. The molecule has 1 atom stereocenters. The van der Waals surface area contributed by atoms with Crippen LogP contribution in [0.2, 0.25) is 0 Å². The van der Waals surface area contributed by atoms with Gasteiger partial charge in [-0.15, -0.1) is 0 Å². The fourth-order valence-corrected chi connectivity index (χ4v) is 2.92. The Morgan fingerprint density at radius 3 is 2.25 bits per heavy atom. The van der Waals surface area contributed by atoms with Crippen LogP contribution in [0.15, 0.2) is 0 Å². The summed E-state index contributed by atoms with van der Waals surface area (Å²) >= 11 is 0. The molecule has 3 nitrogen and oxygen atoms in total. The molecule has 0 aromatic carbocycles. The van der Waals surface area contributed by atoms with Crippen LogP contribution in [0, 0.1) is 5.92 Å². The highest BCUT2D eigenvalue weighted by Crippen LogP contribution is 2.48. The highest BCUT2D eigenvalue weighted by atomic mass is 31.2. The first-order chi connectivity index (χ1) is 7.21. The molecule has 1 unspecified atom stereocenters. The Labute approximate surface area is 100 Å². The average Bonchev–Trinajstić information content (AvgIpc) is 2.10. The van der Waals surface area contributed by atoms with Crippen molar-refractivity contribution in [2.75, 3.05) is 6.16 Å². The third-order valence-electron chi connectivity index (χ3n) is 3.06. The number of hydrogen-bond donors (Lipinski definition) is 1. The van der Waals surface area contributed by atoms with Gasteiger partial charge in [-0.2, -0.15) is 0 Å². The smallest absolute Gasteiger partial charge is 0.324 e. The molecule has 0 aliphatic heterocycles. The Morgan fingerprint density at radius 1 is 1.25 bits per heavy atom.